The monoisotopic (exact) mass is 216 g/mol. The van der Waals surface area contributed by atoms with Gasteiger partial charge in [0.05, 0.1) is 0 Å². The lowest BCUT2D eigenvalue weighted by Crippen LogP contribution is -2.27. The van der Waals surface area contributed by atoms with Crippen LogP contribution in [0.3, 0.4) is 0 Å². The number of anilines is 1. The summed E-state index contributed by atoms with van der Waals surface area (Å²) in [6.45, 7) is 2.97. The lowest BCUT2D eigenvalue weighted by molar-refractivity contribution is -0.105. The summed E-state index contributed by atoms with van der Waals surface area (Å²) < 4.78 is 0. The van der Waals surface area contributed by atoms with Crippen molar-refractivity contribution in [2.24, 2.45) is 0 Å². The van der Waals surface area contributed by atoms with Gasteiger partial charge in [-0.25, -0.2) is 0 Å². The molecular formula is C13H16N2O. The van der Waals surface area contributed by atoms with E-state index in [0.717, 1.165) is 38.2 Å². The van der Waals surface area contributed by atoms with Crippen LogP contribution in [0.25, 0.3) is 0 Å². The van der Waals surface area contributed by atoms with E-state index < -0.39 is 0 Å². The summed E-state index contributed by atoms with van der Waals surface area (Å²) >= 11 is 0. The van der Waals surface area contributed by atoms with E-state index in [0.29, 0.717) is 0 Å². The van der Waals surface area contributed by atoms with Gasteiger partial charge in [0.25, 0.3) is 0 Å². The van der Waals surface area contributed by atoms with E-state index in [2.05, 4.69) is 28.4 Å². The van der Waals surface area contributed by atoms with Crippen LogP contribution in [0.15, 0.2) is 36.4 Å². The molecule has 0 atom stereocenters. The van der Waals surface area contributed by atoms with E-state index in [1.54, 1.807) is 0 Å². The van der Waals surface area contributed by atoms with Crippen molar-refractivity contribution in [2.45, 2.75) is 13.0 Å². The second kappa shape index (κ2) is 5.47. The highest BCUT2D eigenvalue weighted by Gasteiger charge is 2.09. The molecule has 1 aliphatic heterocycles. The molecule has 0 fully saturated rings. The van der Waals surface area contributed by atoms with Gasteiger partial charge in [-0.1, -0.05) is 30.4 Å². The van der Waals surface area contributed by atoms with Crippen molar-refractivity contribution in [3.63, 3.8) is 0 Å². The number of benzene rings is 1. The van der Waals surface area contributed by atoms with Gasteiger partial charge in [-0.3, -0.25) is 9.69 Å². The fraction of sp³-hybridized carbons (Fsp3) is 0.308. The van der Waals surface area contributed by atoms with Crippen LogP contribution in [-0.4, -0.2) is 24.4 Å². The number of nitrogens with zero attached hydrogens (tertiary/aromatic N) is 1. The molecule has 0 aliphatic carbocycles. The molecule has 1 aromatic rings. The first kappa shape index (κ1) is 10.9. The quantitative estimate of drug-likeness (QED) is 0.617. The molecule has 0 saturated heterocycles. The number of hydrogen-bond acceptors (Lipinski definition) is 2. The third-order valence-corrected chi connectivity index (χ3v) is 2.77. The zero-order valence-corrected chi connectivity index (χ0v) is 9.23. The van der Waals surface area contributed by atoms with Crippen LogP contribution in [0.2, 0.25) is 0 Å². The van der Waals surface area contributed by atoms with Gasteiger partial charge in [0.15, 0.2) is 0 Å². The van der Waals surface area contributed by atoms with E-state index in [1.807, 2.05) is 18.2 Å². The summed E-state index contributed by atoms with van der Waals surface area (Å²) in [5.41, 5.74) is 2.08. The van der Waals surface area contributed by atoms with Crippen LogP contribution < -0.4 is 5.32 Å². The molecule has 3 heteroatoms. The number of amides is 1. The number of carbonyl (C=O) groups is 1. The van der Waals surface area contributed by atoms with Crippen molar-refractivity contribution in [3.05, 3.63) is 42.0 Å². The zero-order chi connectivity index (χ0) is 11.2. The molecule has 1 aromatic carbocycles. The van der Waals surface area contributed by atoms with E-state index in [4.69, 9.17) is 0 Å². The topological polar surface area (TPSA) is 32.3 Å². The molecule has 0 radical (unpaired) electrons. The summed E-state index contributed by atoms with van der Waals surface area (Å²) in [6, 6.07) is 7.93. The average molecular weight is 216 g/mol. The molecule has 2 rings (SSSR count). The Morgan fingerprint density at radius 1 is 1.31 bits per heavy atom. The van der Waals surface area contributed by atoms with Gasteiger partial charge in [0.1, 0.15) is 0 Å². The Hall–Kier alpha value is -1.61. The first-order valence-electron chi connectivity index (χ1n) is 5.55. The maximum absolute atomic E-state index is 10.5. The van der Waals surface area contributed by atoms with Crippen LogP contribution in [0.1, 0.15) is 12.0 Å². The van der Waals surface area contributed by atoms with Gasteiger partial charge in [-0.05, 0) is 18.1 Å². The van der Waals surface area contributed by atoms with E-state index in [-0.39, 0.29) is 0 Å². The molecule has 0 saturated carbocycles. The summed E-state index contributed by atoms with van der Waals surface area (Å²) in [4.78, 5) is 12.8. The predicted octanol–water partition coefficient (Wildman–Crippen LogP) is 2.02. The van der Waals surface area contributed by atoms with Gasteiger partial charge in [0, 0.05) is 25.3 Å². The number of rotatable bonds is 4. The summed E-state index contributed by atoms with van der Waals surface area (Å²) in [7, 11) is 0. The normalized spacial score (nSPS) is 16.0. The van der Waals surface area contributed by atoms with E-state index >= 15 is 0 Å². The number of nitrogens with one attached hydrogen (secondary N) is 1. The van der Waals surface area contributed by atoms with Crippen LogP contribution in [-0.2, 0) is 11.3 Å². The summed E-state index contributed by atoms with van der Waals surface area (Å²) in [5, 5.41) is 2.74. The molecular weight excluding hydrogens is 200 g/mol. The fourth-order valence-corrected chi connectivity index (χ4v) is 1.94. The van der Waals surface area contributed by atoms with Gasteiger partial charge >= 0.3 is 0 Å². The van der Waals surface area contributed by atoms with Gasteiger partial charge in [-0.15, -0.1) is 0 Å². The smallest absolute Gasteiger partial charge is 0.211 e. The minimum absolute atomic E-state index is 0.731. The van der Waals surface area contributed by atoms with E-state index in [9.17, 15) is 4.79 Å². The highest BCUT2D eigenvalue weighted by molar-refractivity contribution is 5.73. The van der Waals surface area contributed by atoms with Gasteiger partial charge in [-0.2, -0.15) is 0 Å². The number of carbonyl (C=O) groups excluding carboxylic acids is 1. The average Bonchev–Trinajstić information content (AvgIpc) is 2.33. The Balaban J connectivity index is 2.07. The molecule has 0 bridgehead atoms. The molecule has 1 amide bonds. The molecule has 3 nitrogen and oxygen atoms in total. The standard InChI is InChI=1S/C13H16N2O/c16-11-14-13-7-3-2-6-12(13)10-15-8-4-1-5-9-15/h1-4,6-7,11H,5,8-10H2,(H,14,16). The maximum atomic E-state index is 10.5. The summed E-state index contributed by atoms with van der Waals surface area (Å²) in [6.07, 6.45) is 6.25. The molecule has 1 aliphatic rings. The van der Waals surface area contributed by atoms with Crippen molar-refractivity contribution in [3.8, 4) is 0 Å². The Labute approximate surface area is 95.8 Å². The number of hydrogen-bond donors (Lipinski definition) is 1. The lowest BCUT2D eigenvalue weighted by Gasteiger charge is -2.23. The van der Waals surface area contributed by atoms with Crippen LogP contribution >= 0.6 is 0 Å². The first-order chi connectivity index (χ1) is 7.90. The van der Waals surface area contributed by atoms with Crippen molar-refractivity contribution in [1.82, 2.24) is 4.90 Å². The highest BCUT2D eigenvalue weighted by atomic mass is 16.1. The molecule has 84 valence electrons. The number of para-hydroxylation sites is 1. The minimum Gasteiger partial charge on any atom is -0.328 e. The molecule has 0 unspecified atom stereocenters. The van der Waals surface area contributed by atoms with Crippen molar-refractivity contribution in [2.75, 3.05) is 18.4 Å². The third-order valence-electron chi connectivity index (χ3n) is 2.77. The Bertz CT molecular complexity index is 387. The molecule has 1 heterocycles. The van der Waals surface area contributed by atoms with Gasteiger partial charge in [0.2, 0.25) is 6.41 Å². The van der Waals surface area contributed by atoms with Crippen LogP contribution in [0, 0.1) is 0 Å². The fourth-order valence-electron chi connectivity index (χ4n) is 1.94. The van der Waals surface area contributed by atoms with Crippen molar-refractivity contribution >= 4 is 12.1 Å². The van der Waals surface area contributed by atoms with Gasteiger partial charge < -0.3 is 5.32 Å². The SMILES string of the molecule is O=CNc1ccccc1CN1CC=CCC1. The van der Waals surface area contributed by atoms with E-state index in [1.165, 1.54) is 5.56 Å². The minimum atomic E-state index is 0.731. The predicted molar refractivity (Wildman–Crippen MR) is 65.2 cm³/mol. The second-order valence-electron chi connectivity index (χ2n) is 3.91. The molecule has 0 aromatic heterocycles. The third kappa shape index (κ3) is 2.70. The lowest BCUT2D eigenvalue weighted by atomic mass is 10.1. The van der Waals surface area contributed by atoms with Crippen molar-refractivity contribution in [1.29, 1.82) is 0 Å². The highest BCUT2D eigenvalue weighted by Crippen LogP contribution is 2.17. The Morgan fingerprint density at radius 2 is 2.19 bits per heavy atom. The summed E-state index contributed by atoms with van der Waals surface area (Å²) in [5.74, 6) is 0. The first-order valence-corrected chi connectivity index (χ1v) is 5.55. The molecule has 0 spiro atoms. The second-order valence-corrected chi connectivity index (χ2v) is 3.91. The van der Waals surface area contributed by atoms with Crippen LogP contribution in [0.5, 0.6) is 0 Å². The molecule has 1 N–H and O–H groups in total. The largest absolute Gasteiger partial charge is 0.328 e. The Morgan fingerprint density at radius 3 is 2.94 bits per heavy atom. The molecule has 16 heavy (non-hydrogen) atoms. The maximum Gasteiger partial charge on any atom is 0.211 e. The van der Waals surface area contributed by atoms with Crippen LogP contribution in [0.4, 0.5) is 5.69 Å². The Kier molecular flexibility index (Phi) is 3.72. The zero-order valence-electron chi connectivity index (χ0n) is 9.23. The van der Waals surface area contributed by atoms with Crippen molar-refractivity contribution < 1.29 is 4.79 Å².